The molecular weight excluding hydrogens is 457 g/mol. The minimum Gasteiger partial charge on any atom is -0.338 e. The predicted molar refractivity (Wildman–Crippen MR) is 138 cm³/mol. The van der Waals surface area contributed by atoms with E-state index in [-0.39, 0.29) is 29.2 Å². The van der Waals surface area contributed by atoms with Crippen LogP contribution in [0.5, 0.6) is 0 Å². The fourth-order valence-corrected chi connectivity index (χ4v) is 5.10. The minimum atomic E-state index is -0.400. The van der Waals surface area contributed by atoms with Gasteiger partial charge in [-0.25, -0.2) is 4.39 Å². The highest BCUT2D eigenvalue weighted by atomic mass is 19.1. The number of hydrogen-bond donors (Lipinski definition) is 0. The van der Waals surface area contributed by atoms with Crippen molar-refractivity contribution in [2.75, 3.05) is 26.2 Å². The molecule has 4 rings (SSSR count). The van der Waals surface area contributed by atoms with Crippen LogP contribution in [-0.2, 0) is 6.54 Å². The number of hydrogen-bond acceptors (Lipinski definition) is 4. The summed E-state index contributed by atoms with van der Waals surface area (Å²) in [5.41, 5.74) is 2.65. The van der Waals surface area contributed by atoms with E-state index in [0.29, 0.717) is 31.1 Å². The normalized spacial score (nSPS) is 17.9. The number of rotatable bonds is 9. The van der Waals surface area contributed by atoms with Gasteiger partial charge in [0.25, 0.3) is 11.6 Å². The Hall–Kier alpha value is -3.58. The van der Waals surface area contributed by atoms with Crippen LogP contribution in [0, 0.1) is 27.8 Å². The van der Waals surface area contributed by atoms with Gasteiger partial charge in [0.15, 0.2) is 0 Å². The summed E-state index contributed by atoms with van der Waals surface area (Å²) in [5, 5.41) is 11.0. The smallest absolute Gasteiger partial charge is 0.269 e. The third-order valence-electron chi connectivity index (χ3n) is 6.70. The Labute approximate surface area is 211 Å². The van der Waals surface area contributed by atoms with Gasteiger partial charge in [-0.05, 0) is 47.2 Å². The van der Waals surface area contributed by atoms with Crippen LogP contribution in [0.15, 0.2) is 78.9 Å². The van der Waals surface area contributed by atoms with E-state index in [1.807, 2.05) is 41.3 Å². The topological polar surface area (TPSA) is 66.7 Å². The molecule has 0 aliphatic carbocycles. The summed E-state index contributed by atoms with van der Waals surface area (Å²) in [6.45, 7) is 7.52. The maximum Gasteiger partial charge on any atom is 0.269 e. The zero-order valence-electron chi connectivity index (χ0n) is 20.7. The molecule has 1 amide bonds. The number of halogens is 1. The maximum absolute atomic E-state index is 14.1. The molecule has 1 fully saturated rings. The van der Waals surface area contributed by atoms with Crippen molar-refractivity contribution in [1.82, 2.24) is 9.80 Å². The third kappa shape index (κ3) is 6.34. The van der Waals surface area contributed by atoms with Gasteiger partial charge in [-0.2, -0.15) is 0 Å². The number of nitro groups is 1. The molecular formula is C29H32FN3O3. The van der Waals surface area contributed by atoms with Gasteiger partial charge < -0.3 is 4.90 Å². The molecule has 3 aromatic rings. The van der Waals surface area contributed by atoms with E-state index in [1.165, 1.54) is 18.2 Å². The zero-order chi connectivity index (χ0) is 25.7. The molecule has 0 aromatic heterocycles. The van der Waals surface area contributed by atoms with E-state index in [2.05, 4.69) is 18.7 Å². The van der Waals surface area contributed by atoms with Gasteiger partial charge in [0.1, 0.15) is 5.82 Å². The largest absolute Gasteiger partial charge is 0.338 e. The lowest BCUT2D eigenvalue weighted by Crippen LogP contribution is -2.39. The summed E-state index contributed by atoms with van der Waals surface area (Å²) >= 11 is 0. The molecule has 0 saturated carbocycles. The molecule has 3 aromatic carbocycles. The first kappa shape index (κ1) is 25.5. The molecule has 0 bridgehead atoms. The Kier molecular flexibility index (Phi) is 8.10. The van der Waals surface area contributed by atoms with Crippen LogP contribution < -0.4 is 0 Å². The average molecular weight is 490 g/mol. The fourth-order valence-electron chi connectivity index (χ4n) is 5.10. The molecule has 2 unspecified atom stereocenters. The van der Waals surface area contributed by atoms with Crippen molar-refractivity contribution in [3.63, 3.8) is 0 Å². The zero-order valence-corrected chi connectivity index (χ0v) is 20.7. The van der Waals surface area contributed by atoms with Gasteiger partial charge >= 0.3 is 0 Å². The van der Waals surface area contributed by atoms with Crippen LogP contribution in [0.1, 0.15) is 41.3 Å². The van der Waals surface area contributed by atoms with Crippen molar-refractivity contribution in [3.8, 4) is 0 Å². The van der Waals surface area contributed by atoms with Crippen molar-refractivity contribution in [2.45, 2.75) is 26.3 Å². The summed E-state index contributed by atoms with van der Waals surface area (Å²) in [5.74, 6) is 0.242. The van der Waals surface area contributed by atoms with E-state index in [9.17, 15) is 19.3 Å². The van der Waals surface area contributed by atoms with Crippen LogP contribution in [0.3, 0.4) is 0 Å². The van der Waals surface area contributed by atoms with Crippen molar-refractivity contribution >= 4 is 11.6 Å². The molecule has 1 heterocycles. The van der Waals surface area contributed by atoms with Crippen LogP contribution in [0.25, 0.3) is 0 Å². The number of nitrogens with zero attached hydrogens (tertiary/aromatic N) is 3. The van der Waals surface area contributed by atoms with Gasteiger partial charge in [-0.15, -0.1) is 0 Å². The summed E-state index contributed by atoms with van der Waals surface area (Å²) in [6.07, 6.45) is 0. The SMILES string of the molecule is CC(C)CN(CC1CN(Cc2ccc([N+](=O)[O-])cc2)CC1c1cccc(F)c1)C(=O)c1ccccc1. The Bertz CT molecular complexity index is 1180. The summed E-state index contributed by atoms with van der Waals surface area (Å²) < 4.78 is 14.1. The number of carbonyl (C=O) groups is 1. The maximum atomic E-state index is 14.1. The van der Waals surface area contributed by atoms with Crippen LogP contribution in [0.4, 0.5) is 10.1 Å². The summed E-state index contributed by atoms with van der Waals surface area (Å²) in [7, 11) is 0. The molecule has 36 heavy (non-hydrogen) atoms. The van der Waals surface area contributed by atoms with E-state index in [0.717, 1.165) is 24.2 Å². The van der Waals surface area contributed by atoms with Gasteiger partial charge in [0, 0.05) is 56.3 Å². The lowest BCUT2D eigenvalue weighted by molar-refractivity contribution is -0.384. The highest BCUT2D eigenvalue weighted by Crippen LogP contribution is 2.35. The van der Waals surface area contributed by atoms with Gasteiger partial charge in [-0.1, -0.05) is 56.3 Å². The Morgan fingerprint density at radius 1 is 1.06 bits per heavy atom. The van der Waals surface area contributed by atoms with E-state index >= 15 is 0 Å². The van der Waals surface area contributed by atoms with Crippen molar-refractivity contribution in [3.05, 3.63) is 111 Å². The molecule has 1 aliphatic heterocycles. The van der Waals surface area contributed by atoms with Crippen molar-refractivity contribution in [1.29, 1.82) is 0 Å². The molecule has 6 nitrogen and oxygen atoms in total. The number of benzene rings is 3. The third-order valence-corrected chi connectivity index (χ3v) is 6.70. The number of carbonyl (C=O) groups excluding carboxylic acids is 1. The van der Waals surface area contributed by atoms with E-state index < -0.39 is 4.92 Å². The fraction of sp³-hybridized carbons (Fsp3) is 0.345. The molecule has 2 atom stereocenters. The number of amides is 1. The van der Waals surface area contributed by atoms with Crippen LogP contribution in [0.2, 0.25) is 0 Å². The van der Waals surface area contributed by atoms with Crippen molar-refractivity contribution < 1.29 is 14.1 Å². The Morgan fingerprint density at radius 3 is 2.42 bits per heavy atom. The summed E-state index contributed by atoms with van der Waals surface area (Å²) in [6, 6.07) is 22.7. The lowest BCUT2D eigenvalue weighted by atomic mass is 9.88. The number of likely N-dealkylation sites (tertiary alicyclic amines) is 1. The van der Waals surface area contributed by atoms with Crippen molar-refractivity contribution in [2.24, 2.45) is 11.8 Å². The second kappa shape index (κ2) is 11.4. The second-order valence-corrected chi connectivity index (χ2v) is 10.0. The summed E-state index contributed by atoms with van der Waals surface area (Å²) in [4.78, 5) is 28.2. The van der Waals surface area contributed by atoms with Crippen LogP contribution in [-0.4, -0.2) is 46.8 Å². The minimum absolute atomic E-state index is 0.0103. The molecule has 188 valence electrons. The Morgan fingerprint density at radius 2 is 1.78 bits per heavy atom. The first-order valence-corrected chi connectivity index (χ1v) is 12.4. The average Bonchev–Trinajstić information content (AvgIpc) is 3.25. The molecule has 0 spiro atoms. The highest BCUT2D eigenvalue weighted by Gasteiger charge is 2.36. The molecule has 7 heteroatoms. The Balaban J connectivity index is 1.57. The van der Waals surface area contributed by atoms with Gasteiger partial charge in [-0.3, -0.25) is 19.8 Å². The lowest BCUT2D eigenvalue weighted by Gasteiger charge is -2.30. The molecule has 0 N–H and O–H groups in total. The van der Waals surface area contributed by atoms with Crippen LogP contribution >= 0.6 is 0 Å². The van der Waals surface area contributed by atoms with Gasteiger partial charge in [0.05, 0.1) is 4.92 Å². The second-order valence-electron chi connectivity index (χ2n) is 10.0. The standard InChI is InChI=1S/C29H32FN3O3/c1-21(2)16-32(29(34)23-7-4-3-5-8-23)19-25-18-31(17-22-11-13-27(14-12-22)33(35)36)20-28(25)24-9-6-10-26(30)15-24/h3-15,21,25,28H,16-20H2,1-2H3. The first-order chi connectivity index (χ1) is 17.3. The van der Waals surface area contributed by atoms with E-state index in [4.69, 9.17) is 0 Å². The number of non-ortho nitro benzene ring substituents is 1. The highest BCUT2D eigenvalue weighted by molar-refractivity contribution is 5.94. The number of nitro benzene ring substituents is 1. The molecule has 0 radical (unpaired) electrons. The van der Waals surface area contributed by atoms with Gasteiger partial charge in [0.2, 0.25) is 0 Å². The monoisotopic (exact) mass is 489 g/mol. The molecule has 1 aliphatic rings. The first-order valence-electron chi connectivity index (χ1n) is 12.4. The predicted octanol–water partition coefficient (Wildman–Crippen LogP) is 5.75. The van der Waals surface area contributed by atoms with E-state index in [1.54, 1.807) is 24.3 Å². The molecule has 1 saturated heterocycles. The quantitative estimate of drug-likeness (QED) is 0.284.